The van der Waals surface area contributed by atoms with Crippen molar-refractivity contribution in [3.05, 3.63) is 83.7 Å². The number of carbonyl (C=O) groups is 1. The Balaban J connectivity index is 1.27. The SMILES string of the molecule is Cc1cc(Nc2cc(C(F)(F)F)ccn2)nc(-c2cn(C(C)C(=O)N[C@H]3C[C@@H]3c3ccccc3)nn2)c1. The van der Waals surface area contributed by atoms with E-state index in [1.165, 1.54) is 10.2 Å². The maximum absolute atomic E-state index is 13.0. The van der Waals surface area contributed by atoms with Crippen LogP contribution in [0.5, 0.6) is 0 Å². The number of hydrogen-bond donors (Lipinski definition) is 2. The van der Waals surface area contributed by atoms with Gasteiger partial charge in [0.1, 0.15) is 23.4 Å². The van der Waals surface area contributed by atoms with Gasteiger partial charge < -0.3 is 10.6 Å². The number of hydrogen-bond acceptors (Lipinski definition) is 6. The van der Waals surface area contributed by atoms with E-state index in [1.807, 2.05) is 25.1 Å². The van der Waals surface area contributed by atoms with Gasteiger partial charge in [0.2, 0.25) is 5.91 Å². The lowest BCUT2D eigenvalue weighted by Gasteiger charge is -2.12. The van der Waals surface area contributed by atoms with Crippen LogP contribution in [0.15, 0.2) is 67.0 Å². The first-order valence-electron chi connectivity index (χ1n) is 11.7. The molecule has 4 aromatic rings. The van der Waals surface area contributed by atoms with Gasteiger partial charge in [0, 0.05) is 18.2 Å². The van der Waals surface area contributed by atoms with Crippen LogP contribution in [-0.2, 0) is 11.0 Å². The molecule has 37 heavy (non-hydrogen) atoms. The van der Waals surface area contributed by atoms with Gasteiger partial charge in [0.05, 0.1) is 17.5 Å². The fourth-order valence-corrected chi connectivity index (χ4v) is 4.10. The Hall–Kier alpha value is -4.28. The van der Waals surface area contributed by atoms with Gasteiger partial charge in [-0.05, 0) is 55.7 Å². The third-order valence-corrected chi connectivity index (χ3v) is 6.21. The first-order chi connectivity index (χ1) is 17.7. The van der Waals surface area contributed by atoms with Crippen molar-refractivity contribution < 1.29 is 18.0 Å². The average Bonchev–Trinajstić information content (AvgIpc) is 3.45. The van der Waals surface area contributed by atoms with E-state index in [0.29, 0.717) is 23.1 Å². The van der Waals surface area contributed by atoms with Crippen LogP contribution in [0.2, 0.25) is 0 Å². The predicted octanol–water partition coefficient (Wildman–Crippen LogP) is 5.04. The van der Waals surface area contributed by atoms with E-state index in [0.717, 1.165) is 30.3 Å². The zero-order valence-corrected chi connectivity index (χ0v) is 20.1. The molecule has 3 atom stereocenters. The highest BCUT2D eigenvalue weighted by Crippen LogP contribution is 2.40. The monoisotopic (exact) mass is 507 g/mol. The van der Waals surface area contributed by atoms with E-state index < -0.39 is 17.8 Å². The molecule has 190 valence electrons. The number of amides is 1. The summed E-state index contributed by atoms with van der Waals surface area (Å²) < 4.78 is 40.6. The second-order valence-corrected chi connectivity index (χ2v) is 9.10. The van der Waals surface area contributed by atoms with E-state index in [4.69, 9.17) is 0 Å². The molecule has 1 saturated carbocycles. The minimum absolute atomic E-state index is 0.0155. The zero-order chi connectivity index (χ0) is 26.2. The molecule has 0 spiro atoms. The third kappa shape index (κ3) is 5.60. The number of pyridine rings is 2. The van der Waals surface area contributed by atoms with Crippen LogP contribution in [0.4, 0.5) is 24.8 Å². The third-order valence-electron chi connectivity index (χ3n) is 6.21. The molecule has 1 aromatic carbocycles. The molecule has 0 bridgehead atoms. The molecule has 1 aliphatic rings. The quantitative estimate of drug-likeness (QED) is 0.364. The number of aromatic nitrogens is 5. The highest BCUT2D eigenvalue weighted by molar-refractivity contribution is 5.80. The molecule has 5 rings (SSSR count). The first-order valence-corrected chi connectivity index (χ1v) is 11.7. The van der Waals surface area contributed by atoms with Crippen molar-refractivity contribution in [1.82, 2.24) is 30.3 Å². The van der Waals surface area contributed by atoms with Gasteiger partial charge in [-0.25, -0.2) is 14.6 Å². The van der Waals surface area contributed by atoms with Crippen LogP contribution in [0.25, 0.3) is 11.4 Å². The molecular formula is C26H24F3N7O. The summed E-state index contributed by atoms with van der Waals surface area (Å²) in [6, 6.07) is 14.9. The summed E-state index contributed by atoms with van der Waals surface area (Å²) in [5.74, 6) is 0.483. The van der Waals surface area contributed by atoms with Gasteiger partial charge in [-0.2, -0.15) is 13.2 Å². The Bertz CT molecular complexity index is 1420. The first kappa shape index (κ1) is 24.4. The number of anilines is 2. The summed E-state index contributed by atoms with van der Waals surface area (Å²) in [6.45, 7) is 3.57. The predicted molar refractivity (Wildman–Crippen MR) is 131 cm³/mol. The van der Waals surface area contributed by atoms with Gasteiger partial charge in [0.25, 0.3) is 0 Å². The molecular weight excluding hydrogens is 483 g/mol. The standard InChI is InChI=1S/C26H24F3N7O/c1-15-10-21(31-24(11-15)33-23-12-18(8-9-30-23)26(27,28)29)22-14-36(35-34-22)16(2)25(37)32-20-13-19(20)17-6-4-3-5-7-17/h3-12,14,16,19-20H,13H2,1-2H3,(H,32,37)(H,30,31,33)/t16?,19-,20+/m1/s1. The smallest absolute Gasteiger partial charge is 0.351 e. The summed E-state index contributed by atoms with van der Waals surface area (Å²) in [5.41, 5.74) is 2.09. The second kappa shape index (κ2) is 9.64. The maximum atomic E-state index is 13.0. The summed E-state index contributed by atoms with van der Waals surface area (Å²) in [6.07, 6.45) is -0.869. The van der Waals surface area contributed by atoms with Gasteiger partial charge in [-0.15, -0.1) is 5.10 Å². The Morgan fingerprint density at radius 2 is 1.86 bits per heavy atom. The van der Waals surface area contributed by atoms with Crippen molar-refractivity contribution in [1.29, 1.82) is 0 Å². The number of alkyl halides is 3. The molecule has 11 heteroatoms. The number of carbonyl (C=O) groups excluding carboxylic acids is 1. The van der Waals surface area contributed by atoms with Crippen LogP contribution in [0.1, 0.15) is 42.0 Å². The van der Waals surface area contributed by atoms with Crippen LogP contribution >= 0.6 is 0 Å². The van der Waals surface area contributed by atoms with Crippen LogP contribution in [0, 0.1) is 6.92 Å². The van der Waals surface area contributed by atoms with Crippen molar-refractivity contribution in [2.45, 2.75) is 44.4 Å². The maximum Gasteiger partial charge on any atom is 0.416 e. The molecule has 0 aliphatic heterocycles. The fourth-order valence-electron chi connectivity index (χ4n) is 4.10. The zero-order valence-electron chi connectivity index (χ0n) is 20.1. The number of nitrogens with one attached hydrogen (secondary N) is 2. The molecule has 2 N–H and O–H groups in total. The molecule has 8 nitrogen and oxygen atoms in total. The van der Waals surface area contributed by atoms with Crippen LogP contribution in [0.3, 0.4) is 0 Å². The Labute approximate surface area is 211 Å². The van der Waals surface area contributed by atoms with E-state index in [2.05, 4.69) is 43.0 Å². The van der Waals surface area contributed by atoms with Gasteiger partial charge in [-0.3, -0.25) is 4.79 Å². The van der Waals surface area contributed by atoms with Crippen molar-refractivity contribution in [3.8, 4) is 11.4 Å². The molecule has 0 radical (unpaired) electrons. The Kier molecular flexibility index (Phi) is 6.36. The van der Waals surface area contributed by atoms with Crippen molar-refractivity contribution in [3.63, 3.8) is 0 Å². The Morgan fingerprint density at radius 3 is 2.62 bits per heavy atom. The largest absolute Gasteiger partial charge is 0.416 e. The lowest BCUT2D eigenvalue weighted by molar-refractivity contribution is -0.137. The van der Waals surface area contributed by atoms with E-state index in [-0.39, 0.29) is 17.8 Å². The van der Waals surface area contributed by atoms with Crippen LogP contribution < -0.4 is 10.6 Å². The normalized spacial score (nSPS) is 17.8. The molecule has 3 heterocycles. The number of nitrogens with zero attached hydrogens (tertiary/aromatic N) is 5. The molecule has 1 amide bonds. The molecule has 1 fully saturated rings. The highest BCUT2D eigenvalue weighted by atomic mass is 19.4. The van der Waals surface area contributed by atoms with E-state index in [9.17, 15) is 18.0 Å². The average molecular weight is 508 g/mol. The number of benzene rings is 1. The summed E-state index contributed by atoms with van der Waals surface area (Å²) >= 11 is 0. The fraction of sp³-hybridized carbons (Fsp3) is 0.269. The van der Waals surface area contributed by atoms with Gasteiger partial charge in [-0.1, -0.05) is 35.5 Å². The van der Waals surface area contributed by atoms with Gasteiger partial charge in [0.15, 0.2) is 0 Å². The van der Waals surface area contributed by atoms with E-state index in [1.54, 1.807) is 25.3 Å². The topological polar surface area (TPSA) is 97.6 Å². The van der Waals surface area contributed by atoms with Crippen molar-refractivity contribution in [2.24, 2.45) is 0 Å². The summed E-state index contributed by atoms with van der Waals surface area (Å²) in [7, 11) is 0. The van der Waals surface area contributed by atoms with Crippen LogP contribution in [-0.4, -0.2) is 36.9 Å². The number of halogens is 3. The Morgan fingerprint density at radius 1 is 1.08 bits per heavy atom. The second-order valence-electron chi connectivity index (χ2n) is 9.10. The molecule has 0 saturated heterocycles. The molecule has 3 aromatic heterocycles. The van der Waals surface area contributed by atoms with Crippen molar-refractivity contribution >= 4 is 17.5 Å². The number of aryl methyl sites for hydroxylation is 1. The highest BCUT2D eigenvalue weighted by Gasteiger charge is 2.40. The minimum atomic E-state index is -4.48. The summed E-state index contributed by atoms with van der Waals surface area (Å²) in [5, 5.41) is 14.2. The lowest BCUT2D eigenvalue weighted by Crippen LogP contribution is -2.33. The number of rotatable bonds is 7. The lowest BCUT2D eigenvalue weighted by atomic mass is 10.1. The molecule has 1 aliphatic carbocycles. The minimum Gasteiger partial charge on any atom is -0.351 e. The van der Waals surface area contributed by atoms with Gasteiger partial charge >= 0.3 is 6.18 Å². The molecule has 1 unspecified atom stereocenters. The van der Waals surface area contributed by atoms with Crippen molar-refractivity contribution in [2.75, 3.05) is 5.32 Å². The summed E-state index contributed by atoms with van der Waals surface area (Å²) in [4.78, 5) is 21.2. The van der Waals surface area contributed by atoms with E-state index >= 15 is 0 Å².